The first kappa shape index (κ1) is 18.1. The molecule has 0 aliphatic carbocycles. The van der Waals surface area contributed by atoms with Gasteiger partial charge in [-0.2, -0.15) is 0 Å². The number of methoxy groups -OCH3 is 1. The molecule has 0 spiro atoms. The van der Waals surface area contributed by atoms with Gasteiger partial charge < -0.3 is 4.74 Å². The maximum atomic E-state index is 13.4. The lowest BCUT2D eigenvalue weighted by molar-refractivity contribution is 0.0991. The second-order valence-electron chi connectivity index (χ2n) is 7.17. The van der Waals surface area contributed by atoms with Gasteiger partial charge in [0.05, 0.1) is 7.11 Å². The van der Waals surface area contributed by atoms with Crippen molar-refractivity contribution in [3.63, 3.8) is 0 Å². The minimum absolute atomic E-state index is 0.0352. The van der Waals surface area contributed by atoms with E-state index >= 15 is 0 Å². The van der Waals surface area contributed by atoms with Crippen molar-refractivity contribution >= 4 is 23.2 Å². The molecule has 2 aromatic carbocycles. The Hall–Kier alpha value is -2.30. The normalized spacial score (nSPS) is 21.7. The molecular formula is C22H23ClN2O2. The third-order valence-corrected chi connectivity index (χ3v) is 5.89. The first-order chi connectivity index (χ1) is 13.1. The van der Waals surface area contributed by atoms with Crippen molar-refractivity contribution in [2.24, 2.45) is 0 Å². The number of benzene rings is 2. The van der Waals surface area contributed by atoms with Crippen LogP contribution in [-0.4, -0.2) is 37.0 Å². The van der Waals surface area contributed by atoms with E-state index in [1.54, 1.807) is 31.4 Å². The summed E-state index contributed by atoms with van der Waals surface area (Å²) in [6.45, 7) is 0. The molecule has 0 saturated carbocycles. The predicted octanol–water partition coefficient (Wildman–Crippen LogP) is 4.75. The summed E-state index contributed by atoms with van der Waals surface area (Å²) in [5.74, 6) is 0.738. The van der Waals surface area contributed by atoms with E-state index < -0.39 is 0 Å². The van der Waals surface area contributed by atoms with Gasteiger partial charge in [-0.05, 0) is 74.5 Å². The zero-order valence-corrected chi connectivity index (χ0v) is 16.3. The molecule has 0 radical (unpaired) electrons. The summed E-state index contributed by atoms with van der Waals surface area (Å²) in [7, 11) is 3.82. The molecule has 2 aliphatic rings. The van der Waals surface area contributed by atoms with E-state index in [4.69, 9.17) is 16.3 Å². The summed E-state index contributed by atoms with van der Waals surface area (Å²) in [6, 6.07) is 15.6. The molecule has 27 heavy (non-hydrogen) atoms. The topological polar surface area (TPSA) is 32.8 Å². The number of halogens is 1. The quantitative estimate of drug-likeness (QED) is 0.765. The lowest BCUT2D eigenvalue weighted by atomic mass is 10.0. The monoisotopic (exact) mass is 382 g/mol. The van der Waals surface area contributed by atoms with Gasteiger partial charge in [0.25, 0.3) is 5.91 Å². The molecule has 2 heterocycles. The molecule has 0 unspecified atom stereocenters. The number of rotatable bonds is 4. The Kier molecular flexibility index (Phi) is 4.94. The molecule has 2 aliphatic heterocycles. The summed E-state index contributed by atoms with van der Waals surface area (Å²) in [5, 5.41) is 0.624. The van der Waals surface area contributed by atoms with Crippen molar-refractivity contribution in [2.45, 2.75) is 31.3 Å². The number of hydrogen-bond donors (Lipinski definition) is 0. The zero-order valence-electron chi connectivity index (χ0n) is 15.6. The molecule has 1 amide bonds. The SMILES string of the molecule is COc1ccc(N(C(=O)c2ccc(Cl)cc2)C2=C[C@H]3CC[C@H](C2)N3C)cc1. The highest BCUT2D eigenvalue weighted by atomic mass is 35.5. The average molecular weight is 383 g/mol. The number of hydrogen-bond acceptors (Lipinski definition) is 3. The highest BCUT2D eigenvalue weighted by Crippen LogP contribution is 2.37. The van der Waals surface area contributed by atoms with Crippen molar-refractivity contribution in [1.29, 1.82) is 0 Å². The van der Waals surface area contributed by atoms with Gasteiger partial charge in [-0.1, -0.05) is 11.6 Å². The van der Waals surface area contributed by atoms with E-state index in [2.05, 4.69) is 18.0 Å². The minimum Gasteiger partial charge on any atom is -0.497 e. The molecule has 5 heteroatoms. The average Bonchev–Trinajstić information content (AvgIpc) is 2.90. The Bertz CT molecular complexity index is 861. The Balaban J connectivity index is 1.74. The molecule has 4 rings (SSSR count). The maximum absolute atomic E-state index is 13.4. The maximum Gasteiger partial charge on any atom is 0.262 e. The van der Waals surface area contributed by atoms with Gasteiger partial charge >= 0.3 is 0 Å². The molecule has 1 saturated heterocycles. The third-order valence-electron chi connectivity index (χ3n) is 5.64. The first-order valence-electron chi connectivity index (χ1n) is 9.23. The number of likely N-dealkylation sites (N-methyl/N-ethyl adjacent to an activating group) is 1. The summed E-state index contributed by atoms with van der Waals surface area (Å²) < 4.78 is 5.27. The van der Waals surface area contributed by atoms with Crippen molar-refractivity contribution in [3.05, 3.63) is 70.9 Å². The van der Waals surface area contributed by atoms with Crippen molar-refractivity contribution in [2.75, 3.05) is 19.1 Å². The smallest absolute Gasteiger partial charge is 0.262 e. The number of nitrogens with zero attached hydrogens (tertiary/aromatic N) is 2. The summed E-state index contributed by atoms with van der Waals surface area (Å²) in [6.07, 6.45) is 5.45. The number of anilines is 1. The van der Waals surface area contributed by atoms with Gasteiger partial charge in [-0.25, -0.2) is 0 Å². The number of amides is 1. The predicted molar refractivity (Wildman–Crippen MR) is 109 cm³/mol. The molecule has 2 atom stereocenters. The van der Waals surface area contributed by atoms with Crippen LogP contribution in [0.2, 0.25) is 5.02 Å². The van der Waals surface area contributed by atoms with Crippen LogP contribution in [-0.2, 0) is 0 Å². The number of ether oxygens (including phenoxy) is 1. The lowest BCUT2D eigenvalue weighted by Gasteiger charge is -2.35. The van der Waals surface area contributed by atoms with Crippen LogP contribution in [0.3, 0.4) is 0 Å². The Morgan fingerprint density at radius 2 is 1.81 bits per heavy atom. The van der Waals surface area contributed by atoms with Crippen LogP contribution in [0.4, 0.5) is 5.69 Å². The molecule has 2 aromatic rings. The van der Waals surface area contributed by atoms with Crippen molar-refractivity contribution in [3.8, 4) is 5.75 Å². The van der Waals surface area contributed by atoms with Crippen LogP contribution < -0.4 is 9.64 Å². The molecule has 140 valence electrons. The molecule has 2 bridgehead atoms. The minimum atomic E-state index is -0.0352. The van der Waals surface area contributed by atoms with Crippen LogP contribution in [0, 0.1) is 0 Å². The Morgan fingerprint density at radius 3 is 2.44 bits per heavy atom. The summed E-state index contributed by atoms with van der Waals surface area (Å²) in [4.78, 5) is 17.7. The van der Waals surface area contributed by atoms with Crippen LogP contribution in [0.25, 0.3) is 0 Å². The molecule has 0 N–H and O–H groups in total. The number of carbonyl (C=O) groups is 1. The van der Waals surface area contributed by atoms with Gasteiger partial charge in [-0.15, -0.1) is 0 Å². The molecule has 4 nitrogen and oxygen atoms in total. The van der Waals surface area contributed by atoms with Gasteiger partial charge in [0.1, 0.15) is 5.75 Å². The molecular weight excluding hydrogens is 360 g/mol. The fourth-order valence-electron chi connectivity index (χ4n) is 4.05. The number of fused-ring (bicyclic) bond motifs is 2. The van der Waals surface area contributed by atoms with E-state index in [0.29, 0.717) is 22.7 Å². The van der Waals surface area contributed by atoms with Crippen LogP contribution >= 0.6 is 11.6 Å². The van der Waals surface area contributed by atoms with E-state index in [9.17, 15) is 4.79 Å². The Labute approximate surface area is 165 Å². The van der Waals surface area contributed by atoms with E-state index in [1.165, 1.54) is 6.42 Å². The van der Waals surface area contributed by atoms with Crippen LogP contribution in [0.5, 0.6) is 5.75 Å². The third kappa shape index (κ3) is 3.47. The van der Waals surface area contributed by atoms with Gasteiger partial charge in [0.15, 0.2) is 0 Å². The fourth-order valence-corrected chi connectivity index (χ4v) is 4.18. The summed E-state index contributed by atoms with van der Waals surface area (Å²) >= 11 is 6.00. The largest absolute Gasteiger partial charge is 0.497 e. The van der Waals surface area contributed by atoms with E-state index in [-0.39, 0.29) is 5.91 Å². The highest BCUT2D eigenvalue weighted by Gasteiger charge is 2.37. The van der Waals surface area contributed by atoms with Gasteiger partial charge in [-0.3, -0.25) is 14.6 Å². The van der Waals surface area contributed by atoms with E-state index in [1.807, 2.05) is 29.2 Å². The second kappa shape index (κ2) is 7.37. The molecule has 0 aromatic heterocycles. The van der Waals surface area contributed by atoms with Gasteiger partial charge in [0, 0.05) is 40.5 Å². The fraction of sp³-hybridized carbons (Fsp3) is 0.318. The highest BCUT2D eigenvalue weighted by molar-refractivity contribution is 6.30. The van der Waals surface area contributed by atoms with Crippen LogP contribution in [0.1, 0.15) is 29.6 Å². The van der Waals surface area contributed by atoms with E-state index in [0.717, 1.165) is 30.0 Å². The first-order valence-corrected chi connectivity index (χ1v) is 9.61. The van der Waals surface area contributed by atoms with Crippen molar-refractivity contribution in [1.82, 2.24) is 4.90 Å². The van der Waals surface area contributed by atoms with Crippen molar-refractivity contribution < 1.29 is 9.53 Å². The second-order valence-corrected chi connectivity index (χ2v) is 7.61. The standard InChI is InChI=1S/C22H23ClN2O2/c1-24-18-7-8-19(24)14-20(13-18)25(17-9-11-21(27-2)12-10-17)22(26)15-3-5-16(23)6-4-15/h3-6,9-13,18-19H,7-8,14H2,1-2H3/t18-,19-/m1/s1. The number of carbonyl (C=O) groups excluding carboxylic acids is 1. The zero-order chi connectivity index (χ0) is 19.0. The molecule has 1 fully saturated rings. The van der Waals surface area contributed by atoms with Crippen LogP contribution in [0.15, 0.2) is 60.3 Å². The lowest BCUT2D eigenvalue weighted by Crippen LogP contribution is -2.40. The summed E-state index contributed by atoms with van der Waals surface area (Å²) in [5.41, 5.74) is 2.55. The van der Waals surface area contributed by atoms with Gasteiger partial charge in [0.2, 0.25) is 0 Å². The Morgan fingerprint density at radius 1 is 1.11 bits per heavy atom.